The number of fused-ring (bicyclic) bond motifs is 1. The lowest BCUT2D eigenvalue weighted by Crippen LogP contribution is -2.46. The monoisotopic (exact) mass is 371 g/mol. The number of ether oxygens (including phenoxy) is 1. The number of rotatable bonds is 4. The van der Waals surface area contributed by atoms with Gasteiger partial charge in [0, 0.05) is 23.4 Å². The first kappa shape index (κ1) is 18.4. The summed E-state index contributed by atoms with van der Waals surface area (Å²) in [4.78, 5) is 36.4. The third kappa shape index (κ3) is 3.88. The van der Waals surface area contributed by atoms with Gasteiger partial charge in [0.25, 0.3) is 5.91 Å². The van der Waals surface area contributed by atoms with E-state index in [1.807, 2.05) is 38.1 Å². The third-order valence-corrected chi connectivity index (χ3v) is 5.11. The Hall–Kier alpha value is -2.41. The Balaban J connectivity index is 1.82. The minimum absolute atomic E-state index is 0.156. The summed E-state index contributed by atoms with van der Waals surface area (Å²) in [5, 5.41) is 0. The van der Waals surface area contributed by atoms with Crippen LogP contribution in [0.1, 0.15) is 30.2 Å². The second-order valence-corrected chi connectivity index (χ2v) is 7.50. The van der Waals surface area contributed by atoms with E-state index in [0.29, 0.717) is 12.4 Å². The van der Waals surface area contributed by atoms with Crippen molar-refractivity contribution in [3.8, 4) is 0 Å². The SMILES string of the molecule is Cc1nccc(C(=O)O[C@@H](C(=O)N2CCSc3ccccc32)C(C)C)n1. The lowest BCUT2D eigenvalue weighted by Gasteiger charge is -2.32. The number of hydrogen-bond donors (Lipinski definition) is 0. The molecule has 0 saturated carbocycles. The number of nitrogens with zero attached hydrogens (tertiary/aromatic N) is 3. The van der Waals surface area contributed by atoms with Crippen molar-refractivity contribution in [2.24, 2.45) is 5.92 Å². The number of aromatic nitrogens is 2. The normalized spacial score (nSPS) is 14.7. The van der Waals surface area contributed by atoms with Gasteiger partial charge in [0.05, 0.1) is 5.69 Å². The molecule has 1 aliphatic heterocycles. The summed E-state index contributed by atoms with van der Waals surface area (Å²) in [5.74, 6) is 0.325. The standard InChI is InChI=1S/C19H21N3O3S/c1-12(2)17(25-19(24)14-8-9-20-13(3)21-14)18(23)22-10-11-26-16-7-5-4-6-15(16)22/h4-9,12,17H,10-11H2,1-3H3/t17-/m1/s1. The van der Waals surface area contributed by atoms with Crippen LogP contribution in [-0.2, 0) is 9.53 Å². The minimum atomic E-state index is -0.867. The fraction of sp³-hybridized carbons (Fsp3) is 0.368. The highest BCUT2D eigenvalue weighted by molar-refractivity contribution is 7.99. The van der Waals surface area contributed by atoms with Crippen LogP contribution in [0, 0.1) is 12.8 Å². The maximum atomic E-state index is 13.1. The molecular formula is C19H21N3O3S. The fourth-order valence-corrected chi connectivity index (χ4v) is 3.76. The first-order chi connectivity index (χ1) is 12.5. The highest BCUT2D eigenvalue weighted by atomic mass is 32.2. The Labute approximate surface area is 157 Å². The molecule has 0 N–H and O–H groups in total. The molecule has 1 amide bonds. The third-order valence-electron chi connectivity index (χ3n) is 4.06. The van der Waals surface area contributed by atoms with Gasteiger partial charge in [-0.15, -0.1) is 11.8 Å². The summed E-state index contributed by atoms with van der Waals surface area (Å²) in [6.45, 7) is 6.02. The second kappa shape index (κ2) is 7.86. The van der Waals surface area contributed by atoms with Gasteiger partial charge in [0.1, 0.15) is 5.82 Å². The van der Waals surface area contributed by atoms with Gasteiger partial charge in [-0.25, -0.2) is 14.8 Å². The van der Waals surface area contributed by atoms with Crippen molar-refractivity contribution in [2.45, 2.75) is 31.8 Å². The molecular weight excluding hydrogens is 350 g/mol. The fourth-order valence-electron chi connectivity index (χ4n) is 2.77. The summed E-state index contributed by atoms with van der Waals surface area (Å²) < 4.78 is 5.56. The van der Waals surface area contributed by atoms with E-state index in [1.165, 1.54) is 12.3 Å². The van der Waals surface area contributed by atoms with Crippen LogP contribution in [0.4, 0.5) is 5.69 Å². The van der Waals surface area contributed by atoms with Gasteiger partial charge in [-0.05, 0) is 31.0 Å². The van der Waals surface area contributed by atoms with Crippen LogP contribution in [0.5, 0.6) is 0 Å². The summed E-state index contributed by atoms with van der Waals surface area (Å²) >= 11 is 1.72. The van der Waals surface area contributed by atoms with Crippen LogP contribution in [0.2, 0.25) is 0 Å². The molecule has 0 bridgehead atoms. The highest BCUT2D eigenvalue weighted by Crippen LogP contribution is 2.35. The molecule has 26 heavy (non-hydrogen) atoms. The van der Waals surface area contributed by atoms with E-state index in [0.717, 1.165) is 16.3 Å². The zero-order valence-electron chi connectivity index (χ0n) is 15.0. The van der Waals surface area contributed by atoms with Gasteiger partial charge in [-0.3, -0.25) is 4.79 Å². The number of carbonyl (C=O) groups is 2. The summed E-state index contributed by atoms with van der Waals surface area (Å²) in [7, 11) is 0. The van der Waals surface area contributed by atoms with Crippen LogP contribution in [0.3, 0.4) is 0 Å². The smallest absolute Gasteiger partial charge is 0.357 e. The molecule has 1 aromatic carbocycles. The van der Waals surface area contributed by atoms with Gasteiger partial charge in [-0.2, -0.15) is 0 Å². The summed E-state index contributed by atoms with van der Waals surface area (Å²) in [5.41, 5.74) is 1.03. The molecule has 1 atom stereocenters. The van der Waals surface area contributed by atoms with Gasteiger partial charge in [0.15, 0.2) is 11.8 Å². The lowest BCUT2D eigenvalue weighted by atomic mass is 10.1. The van der Waals surface area contributed by atoms with Crippen molar-refractivity contribution in [1.29, 1.82) is 0 Å². The van der Waals surface area contributed by atoms with E-state index in [-0.39, 0.29) is 17.5 Å². The molecule has 0 unspecified atom stereocenters. The Kier molecular flexibility index (Phi) is 5.56. The molecule has 0 saturated heterocycles. The van der Waals surface area contributed by atoms with Crippen molar-refractivity contribution in [1.82, 2.24) is 9.97 Å². The quantitative estimate of drug-likeness (QED) is 0.769. The number of aryl methyl sites for hydroxylation is 1. The molecule has 7 heteroatoms. The number of para-hydroxylation sites is 1. The number of hydrogen-bond acceptors (Lipinski definition) is 6. The van der Waals surface area contributed by atoms with Crippen molar-refractivity contribution >= 4 is 29.3 Å². The van der Waals surface area contributed by atoms with E-state index >= 15 is 0 Å². The van der Waals surface area contributed by atoms with Gasteiger partial charge >= 0.3 is 5.97 Å². The van der Waals surface area contributed by atoms with Crippen LogP contribution in [0.25, 0.3) is 0 Å². The number of amides is 1. The minimum Gasteiger partial charge on any atom is -0.447 e. The molecule has 6 nitrogen and oxygen atoms in total. The van der Waals surface area contributed by atoms with Crippen molar-refractivity contribution < 1.29 is 14.3 Å². The maximum absolute atomic E-state index is 13.1. The Morgan fingerprint density at radius 2 is 2.00 bits per heavy atom. The molecule has 0 spiro atoms. The van der Waals surface area contributed by atoms with Crippen LogP contribution >= 0.6 is 11.8 Å². The Morgan fingerprint density at radius 1 is 1.23 bits per heavy atom. The van der Waals surface area contributed by atoms with Crippen molar-refractivity contribution in [3.05, 3.63) is 48.0 Å². The number of benzene rings is 1. The number of esters is 1. The van der Waals surface area contributed by atoms with Crippen LogP contribution in [-0.4, -0.2) is 40.2 Å². The first-order valence-electron chi connectivity index (χ1n) is 8.51. The molecule has 1 aliphatic rings. The molecule has 3 rings (SSSR count). The van der Waals surface area contributed by atoms with E-state index in [9.17, 15) is 9.59 Å². The molecule has 2 aromatic rings. The predicted octanol–water partition coefficient (Wildman–Crippen LogP) is 3.11. The Morgan fingerprint density at radius 3 is 2.73 bits per heavy atom. The van der Waals surface area contributed by atoms with Gasteiger partial charge in [0.2, 0.25) is 0 Å². The number of carbonyl (C=O) groups excluding carboxylic acids is 2. The average Bonchev–Trinajstić information content (AvgIpc) is 2.64. The topological polar surface area (TPSA) is 72.4 Å². The van der Waals surface area contributed by atoms with E-state index in [2.05, 4.69) is 9.97 Å². The predicted molar refractivity (Wildman–Crippen MR) is 100 cm³/mol. The van der Waals surface area contributed by atoms with Crippen LogP contribution < -0.4 is 4.90 Å². The zero-order chi connectivity index (χ0) is 18.7. The molecule has 136 valence electrons. The van der Waals surface area contributed by atoms with Crippen molar-refractivity contribution in [3.63, 3.8) is 0 Å². The van der Waals surface area contributed by atoms with Gasteiger partial charge in [-0.1, -0.05) is 26.0 Å². The molecule has 2 heterocycles. The largest absolute Gasteiger partial charge is 0.447 e. The lowest BCUT2D eigenvalue weighted by molar-refractivity contribution is -0.129. The molecule has 0 aliphatic carbocycles. The van der Waals surface area contributed by atoms with E-state index in [1.54, 1.807) is 23.6 Å². The first-order valence-corrected chi connectivity index (χ1v) is 9.50. The highest BCUT2D eigenvalue weighted by Gasteiger charge is 2.34. The summed E-state index contributed by atoms with van der Waals surface area (Å²) in [6, 6.07) is 9.28. The van der Waals surface area contributed by atoms with Crippen LogP contribution in [0.15, 0.2) is 41.4 Å². The van der Waals surface area contributed by atoms with Gasteiger partial charge < -0.3 is 9.64 Å². The number of thioether (sulfide) groups is 1. The van der Waals surface area contributed by atoms with Crippen molar-refractivity contribution in [2.75, 3.05) is 17.2 Å². The number of anilines is 1. The molecule has 1 aromatic heterocycles. The summed E-state index contributed by atoms with van der Waals surface area (Å²) in [6.07, 6.45) is 0.636. The van der Waals surface area contributed by atoms with E-state index < -0.39 is 12.1 Å². The zero-order valence-corrected chi connectivity index (χ0v) is 15.8. The second-order valence-electron chi connectivity index (χ2n) is 6.37. The molecule has 0 fully saturated rings. The maximum Gasteiger partial charge on any atom is 0.357 e. The average molecular weight is 371 g/mol. The Bertz CT molecular complexity index is 825. The van der Waals surface area contributed by atoms with E-state index in [4.69, 9.17) is 4.74 Å². The molecule has 0 radical (unpaired) electrons.